The number of nitrogens with zero attached hydrogens (tertiary/aromatic N) is 1. The average molecular weight is 403 g/mol. The molecule has 1 aliphatic rings. The number of hydrogen-bond donors (Lipinski definition) is 1. The maximum Gasteiger partial charge on any atom is 0.415 e. The lowest BCUT2D eigenvalue weighted by Gasteiger charge is -2.23. The van der Waals surface area contributed by atoms with Crippen LogP contribution in [-0.2, 0) is 14.8 Å². The van der Waals surface area contributed by atoms with Crippen molar-refractivity contribution in [2.45, 2.75) is 17.9 Å². The Hall–Kier alpha value is -2.23. The summed E-state index contributed by atoms with van der Waals surface area (Å²) < 4.78 is 55.9. The van der Waals surface area contributed by atoms with E-state index in [1.807, 2.05) is 0 Å². The highest BCUT2D eigenvalue weighted by atomic mass is 35.5. The molecule has 2 N–H and O–H groups in total. The Morgan fingerprint density at radius 1 is 1.23 bits per heavy atom. The zero-order chi connectivity index (χ0) is 19.2. The van der Waals surface area contributed by atoms with Gasteiger partial charge in [-0.25, -0.2) is 27.1 Å². The highest BCUT2D eigenvalue weighted by molar-refractivity contribution is 7.89. The van der Waals surface area contributed by atoms with Crippen LogP contribution in [0, 0.1) is 18.6 Å². The van der Waals surface area contributed by atoms with Crippen molar-refractivity contribution in [3.05, 3.63) is 58.1 Å². The summed E-state index contributed by atoms with van der Waals surface area (Å²) in [4.78, 5) is 12.1. The fraction of sp³-hybridized carbons (Fsp3) is 0.188. The van der Waals surface area contributed by atoms with Crippen molar-refractivity contribution < 1.29 is 26.7 Å². The van der Waals surface area contributed by atoms with Gasteiger partial charge >= 0.3 is 6.09 Å². The van der Waals surface area contributed by atoms with Crippen molar-refractivity contribution in [1.29, 1.82) is 0 Å². The standard InChI is InChI=1S/C16H13ClF2N2O4S/c1-8-4-10(2-3-11(8)17)21-14(7-25-16(21)22)9-5-12(18)15(13(19)6-9)26(20,23)24/h2-6,14H,7H2,1H3,(H2,20,23,24). The molecule has 26 heavy (non-hydrogen) atoms. The van der Waals surface area contributed by atoms with Gasteiger partial charge < -0.3 is 4.74 Å². The number of ether oxygens (including phenoxy) is 1. The van der Waals surface area contributed by atoms with E-state index in [-0.39, 0.29) is 12.2 Å². The molecule has 0 spiro atoms. The van der Waals surface area contributed by atoms with E-state index in [1.165, 1.54) is 4.90 Å². The van der Waals surface area contributed by atoms with Gasteiger partial charge in [-0.1, -0.05) is 11.6 Å². The number of nitrogens with two attached hydrogens (primary N) is 1. The first-order valence-electron chi connectivity index (χ1n) is 7.33. The van der Waals surface area contributed by atoms with Crippen molar-refractivity contribution in [1.82, 2.24) is 0 Å². The SMILES string of the molecule is Cc1cc(N2C(=O)OCC2c2cc(F)c(S(N)(=O)=O)c(F)c2)ccc1Cl. The van der Waals surface area contributed by atoms with Crippen LogP contribution in [0.5, 0.6) is 0 Å². The molecule has 0 radical (unpaired) electrons. The average Bonchev–Trinajstić information content (AvgIpc) is 2.89. The summed E-state index contributed by atoms with van der Waals surface area (Å²) in [6.07, 6.45) is -0.701. The molecule has 0 bridgehead atoms. The number of anilines is 1. The molecule has 1 unspecified atom stereocenters. The molecule has 1 atom stereocenters. The van der Waals surface area contributed by atoms with Gasteiger partial charge in [0.15, 0.2) is 4.90 Å². The van der Waals surface area contributed by atoms with Crippen molar-refractivity contribution >= 4 is 33.4 Å². The molecule has 1 amide bonds. The van der Waals surface area contributed by atoms with Gasteiger partial charge in [-0.3, -0.25) is 4.90 Å². The molecule has 1 aliphatic heterocycles. The summed E-state index contributed by atoms with van der Waals surface area (Å²) in [6.45, 7) is 1.58. The van der Waals surface area contributed by atoms with Gasteiger partial charge in [-0.05, 0) is 48.4 Å². The zero-order valence-corrected chi connectivity index (χ0v) is 14.9. The summed E-state index contributed by atoms with van der Waals surface area (Å²) >= 11 is 5.98. The number of sulfonamides is 1. The summed E-state index contributed by atoms with van der Waals surface area (Å²) in [6, 6.07) is 5.59. The second-order valence-electron chi connectivity index (χ2n) is 5.75. The number of carbonyl (C=O) groups is 1. The normalized spacial score (nSPS) is 17.5. The van der Waals surface area contributed by atoms with Crippen LogP contribution in [0.1, 0.15) is 17.2 Å². The van der Waals surface area contributed by atoms with E-state index in [1.54, 1.807) is 25.1 Å². The molecule has 3 rings (SSSR count). The van der Waals surface area contributed by atoms with Gasteiger partial charge in [-0.2, -0.15) is 0 Å². The molecule has 1 heterocycles. The van der Waals surface area contributed by atoms with E-state index in [9.17, 15) is 22.0 Å². The van der Waals surface area contributed by atoms with E-state index < -0.39 is 38.7 Å². The third-order valence-corrected chi connectivity index (χ3v) is 5.37. The molecule has 1 fully saturated rings. The van der Waals surface area contributed by atoms with E-state index in [0.717, 1.165) is 12.1 Å². The van der Waals surface area contributed by atoms with Gasteiger partial charge in [0.2, 0.25) is 10.0 Å². The summed E-state index contributed by atoms with van der Waals surface area (Å²) in [7, 11) is -4.57. The number of cyclic esters (lactones) is 1. The molecule has 2 aromatic rings. The predicted octanol–water partition coefficient (Wildman–Crippen LogP) is 3.27. The highest BCUT2D eigenvalue weighted by Crippen LogP contribution is 2.36. The van der Waals surface area contributed by atoms with Crippen LogP contribution in [0.4, 0.5) is 19.3 Å². The minimum atomic E-state index is -4.57. The number of aryl methyl sites for hydroxylation is 1. The maximum absolute atomic E-state index is 14.1. The fourth-order valence-corrected chi connectivity index (χ4v) is 3.55. The molecule has 6 nitrogen and oxygen atoms in total. The Balaban J connectivity index is 2.08. The Bertz CT molecular complexity index is 990. The number of carbonyl (C=O) groups excluding carboxylic acids is 1. The lowest BCUT2D eigenvalue weighted by molar-refractivity contribution is 0.179. The summed E-state index contributed by atoms with van der Waals surface area (Å²) in [5, 5.41) is 5.32. The number of hydrogen-bond acceptors (Lipinski definition) is 4. The predicted molar refractivity (Wildman–Crippen MR) is 90.5 cm³/mol. The first-order valence-corrected chi connectivity index (χ1v) is 9.26. The van der Waals surface area contributed by atoms with Crippen LogP contribution >= 0.6 is 11.6 Å². The third kappa shape index (κ3) is 3.25. The Morgan fingerprint density at radius 2 is 1.85 bits per heavy atom. The fourth-order valence-electron chi connectivity index (χ4n) is 2.77. The van der Waals surface area contributed by atoms with Crippen molar-refractivity contribution in [3.8, 4) is 0 Å². The van der Waals surface area contributed by atoms with Gasteiger partial charge in [0, 0.05) is 10.7 Å². The molecule has 0 aliphatic carbocycles. The number of rotatable bonds is 3. The molecular formula is C16H13ClF2N2O4S. The third-order valence-electron chi connectivity index (χ3n) is 3.98. The molecule has 0 saturated carbocycles. The first-order chi connectivity index (χ1) is 12.1. The van der Waals surface area contributed by atoms with E-state index in [2.05, 4.69) is 0 Å². The summed E-state index contributed by atoms with van der Waals surface area (Å²) in [5.41, 5.74) is 1.16. The van der Waals surface area contributed by atoms with Crippen LogP contribution in [0.25, 0.3) is 0 Å². The minimum Gasteiger partial charge on any atom is -0.447 e. The van der Waals surface area contributed by atoms with Gasteiger partial charge in [0.25, 0.3) is 0 Å². The Morgan fingerprint density at radius 3 is 2.38 bits per heavy atom. The highest BCUT2D eigenvalue weighted by Gasteiger charge is 2.37. The van der Waals surface area contributed by atoms with E-state index >= 15 is 0 Å². The molecular weight excluding hydrogens is 390 g/mol. The zero-order valence-electron chi connectivity index (χ0n) is 13.4. The second-order valence-corrected chi connectivity index (χ2v) is 7.66. The lowest BCUT2D eigenvalue weighted by atomic mass is 10.1. The van der Waals surface area contributed by atoms with Crippen LogP contribution in [-0.4, -0.2) is 21.1 Å². The lowest BCUT2D eigenvalue weighted by Crippen LogP contribution is -2.28. The molecule has 2 aromatic carbocycles. The molecule has 138 valence electrons. The monoisotopic (exact) mass is 402 g/mol. The maximum atomic E-state index is 14.1. The van der Waals surface area contributed by atoms with E-state index in [4.69, 9.17) is 21.5 Å². The number of primary sulfonamides is 1. The number of amides is 1. The number of benzene rings is 2. The van der Waals surface area contributed by atoms with Gasteiger partial charge in [0.05, 0.1) is 6.04 Å². The second kappa shape index (κ2) is 6.49. The molecule has 10 heteroatoms. The first kappa shape index (κ1) is 18.6. The minimum absolute atomic E-state index is 0.0332. The smallest absolute Gasteiger partial charge is 0.415 e. The molecule has 0 aromatic heterocycles. The van der Waals surface area contributed by atoms with Crippen LogP contribution in [0.3, 0.4) is 0 Å². The van der Waals surface area contributed by atoms with Crippen LogP contribution in [0.15, 0.2) is 35.2 Å². The quantitative estimate of drug-likeness (QED) is 0.853. The Kier molecular flexibility index (Phi) is 4.63. The van der Waals surface area contributed by atoms with E-state index in [0.29, 0.717) is 16.3 Å². The number of halogens is 3. The summed E-state index contributed by atoms with van der Waals surface area (Å²) in [5.74, 6) is -2.68. The van der Waals surface area contributed by atoms with Crippen molar-refractivity contribution in [3.63, 3.8) is 0 Å². The van der Waals surface area contributed by atoms with Crippen LogP contribution in [0.2, 0.25) is 5.02 Å². The van der Waals surface area contributed by atoms with Crippen molar-refractivity contribution in [2.75, 3.05) is 11.5 Å². The van der Waals surface area contributed by atoms with Crippen LogP contribution < -0.4 is 10.0 Å². The van der Waals surface area contributed by atoms with Gasteiger partial charge in [0.1, 0.15) is 18.2 Å². The molecule has 1 saturated heterocycles. The largest absolute Gasteiger partial charge is 0.447 e. The van der Waals surface area contributed by atoms with Crippen molar-refractivity contribution in [2.24, 2.45) is 5.14 Å². The topological polar surface area (TPSA) is 89.7 Å². The Labute approximate surface area is 153 Å². The van der Waals surface area contributed by atoms with Gasteiger partial charge in [-0.15, -0.1) is 0 Å².